The Morgan fingerprint density at radius 2 is 2.04 bits per heavy atom. The summed E-state index contributed by atoms with van der Waals surface area (Å²) in [5, 5.41) is 2.86. The van der Waals surface area contributed by atoms with Crippen LogP contribution < -0.4 is 10.1 Å². The van der Waals surface area contributed by atoms with Gasteiger partial charge in [-0.3, -0.25) is 14.8 Å². The van der Waals surface area contributed by atoms with E-state index in [2.05, 4.69) is 15.3 Å². The molecule has 1 amide bonds. The monoisotopic (exact) mass is 323 g/mol. The fourth-order valence-electron chi connectivity index (χ4n) is 2.00. The molecule has 0 saturated carbocycles. The van der Waals surface area contributed by atoms with Crippen molar-refractivity contribution in [3.8, 4) is 5.75 Å². The van der Waals surface area contributed by atoms with E-state index in [0.29, 0.717) is 18.7 Å². The molecule has 0 atom stereocenters. The lowest BCUT2D eigenvalue weighted by molar-refractivity contribution is 0.0950. The predicted octanol–water partition coefficient (Wildman–Crippen LogP) is 3.38. The summed E-state index contributed by atoms with van der Waals surface area (Å²) < 4.78 is 5.68. The molecule has 5 heteroatoms. The zero-order chi connectivity index (χ0) is 17.2. The average Bonchev–Trinajstić information content (AvgIpc) is 2.64. The van der Waals surface area contributed by atoms with Crippen molar-refractivity contribution in [1.29, 1.82) is 0 Å². The number of hydrogen-bond acceptors (Lipinski definition) is 4. The molecule has 2 rings (SSSR count). The summed E-state index contributed by atoms with van der Waals surface area (Å²) in [4.78, 5) is 20.1. The maximum absolute atomic E-state index is 12.0. The van der Waals surface area contributed by atoms with E-state index in [9.17, 15) is 4.79 Å². The smallest absolute Gasteiger partial charge is 0.253 e. The second-order valence-electron chi connectivity index (χ2n) is 5.02. The number of rotatable bonds is 7. The van der Waals surface area contributed by atoms with Crippen LogP contribution in [0, 0.1) is 0 Å². The van der Waals surface area contributed by atoms with E-state index in [-0.39, 0.29) is 5.91 Å². The van der Waals surface area contributed by atoms with Gasteiger partial charge in [0.1, 0.15) is 12.4 Å². The van der Waals surface area contributed by atoms with Gasteiger partial charge in [-0.15, -0.1) is 0 Å². The second-order valence-corrected chi connectivity index (χ2v) is 5.02. The van der Waals surface area contributed by atoms with Crippen LogP contribution in [0.2, 0.25) is 0 Å². The van der Waals surface area contributed by atoms with E-state index in [0.717, 1.165) is 17.0 Å². The van der Waals surface area contributed by atoms with Crippen LogP contribution in [0.1, 0.15) is 29.8 Å². The minimum absolute atomic E-state index is 0.140. The number of benzene rings is 1. The van der Waals surface area contributed by atoms with Gasteiger partial charge < -0.3 is 10.1 Å². The maximum atomic E-state index is 12.0. The summed E-state index contributed by atoms with van der Waals surface area (Å²) in [6, 6.07) is 11.1. The number of nitrogens with zero attached hydrogens (tertiary/aromatic N) is 2. The molecule has 1 aromatic heterocycles. The molecular weight excluding hydrogens is 302 g/mol. The normalized spacial score (nSPS) is 11.5. The SMILES string of the molecule is C/C=N\C(=C/C)COc1ccc(CNC(=O)c2cccnc2)cc1. The van der Waals surface area contributed by atoms with Crippen molar-refractivity contribution in [2.75, 3.05) is 6.61 Å². The van der Waals surface area contributed by atoms with Crippen LogP contribution in [0.5, 0.6) is 5.75 Å². The first-order chi connectivity index (χ1) is 11.7. The lowest BCUT2D eigenvalue weighted by Gasteiger charge is -2.08. The average molecular weight is 323 g/mol. The highest BCUT2D eigenvalue weighted by atomic mass is 16.5. The van der Waals surface area contributed by atoms with Gasteiger partial charge in [0.05, 0.1) is 11.3 Å². The van der Waals surface area contributed by atoms with Gasteiger partial charge in [0.15, 0.2) is 0 Å². The van der Waals surface area contributed by atoms with Crippen molar-refractivity contribution in [2.24, 2.45) is 4.99 Å². The van der Waals surface area contributed by atoms with Crippen LogP contribution in [-0.2, 0) is 6.54 Å². The molecule has 0 aliphatic carbocycles. The molecule has 0 aliphatic heterocycles. The first kappa shape index (κ1) is 17.4. The summed E-state index contributed by atoms with van der Waals surface area (Å²) in [5.74, 6) is 0.626. The Kier molecular flexibility index (Phi) is 6.71. The molecule has 0 aliphatic rings. The number of ether oxygens (including phenoxy) is 1. The molecule has 0 bridgehead atoms. The number of nitrogens with one attached hydrogen (secondary N) is 1. The summed E-state index contributed by atoms with van der Waals surface area (Å²) in [6.45, 7) is 4.68. The number of aliphatic imine (C=N–C) groups is 1. The van der Waals surface area contributed by atoms with Crippen molar-refractivity contribution < 1.29 is 9.53 Å². The van der Waals surface area contributed by atoms with Gasteiger partial charge in [0, 0.05) is 25.2 Å². The molecule has 0 unspecified atom stereocenters. The third-order valence-corrected chi connectivity index (χ3v) is 3.32. The van der Waals surface area contributed by atoms with Crippen molar-refractivity contribution >= 4 is 12.1 Å². The van der Waals surface area contributed by atoms with E-state index >= 15 is 0 Å². The zero-order valence-electron chi connectivity index (χ0n) is 13.9. The number of carbonyl (C=O) groups excluding carboxylic acids is 1. The second kappa shape index (κ2) is 9.25. The molecule has 0 radical (unpaired) electrons. The highest BCUT2D eigenvalue weighted by Crippen LogP contribution is 2.13. The molecule has 0 spiro atoms. The summed E-state index contributed by atoms with van der Waals surface area (Å²) in [7, 11) is 0. The van der Waals surface area contributed by atoms with Crippen molar-refractivity contribution in [3.05, 3.63) is 71.7 Å². The molecule has 1 N–H and O–H groups in total. The van der Waals surface area contributed by atoms with Crippen molar-refractivity contribution in [1.82, 2.24) is 10.3 Å². The Bertz CT molecular complexity index is 707. The number of allylic oxidation sites excluding steroid dienone is 1. The lowest BCUT2D eigenvalue weighted by Crippen LogP contribution is -2.22. The third kappa shape index (κ3) is 5.35. The minimum Gasteiger partial charge on any atom is -0.487 e. The zero-order valence-corrected chi connectivity index (χ0v) is 13.9. The first-order valence-electron chi connectivity index (χ1n) is 7.76. The van der Waals surface area contributed by atoms with Crippen molar-refractivity contribution in [3.63, 3.8) is 0 Å². The molecule has 0 fully saturated rings. The van der Waals surface area contributed by atoms with Gasteiger partial charge in [0.25, 0.3) is 5.91 Å². The van der Waals surface area contributed by atoms with Gasteiger partial charge in [-0.2, -0.15) is 0 Å². The number of amides is 1. The molecule has 24 heavy (non-hydrogen) atoms. The molecular formula is C19H21N3O2. The lowest BCUT2D eigenvalue weighted by atomic mass is 10.2. The quantitative estimate of drug-likeness (QED) is 0.794. The number of aromatic nitrogens is 1. The number of carbonyl (C=O) groups is 1. The highest BCUT2D eigenvalue weighted by Gasteiger charge is 2.04. The van der Waals surface area contributed by atoms with E-state index in [4.69, 9.17) is 4.74 Å². The van der Waals surface area contributed by atoms with E-state index in [1.54, 1.807) is 30.7 Å². The fourth-order valence-corrected chi connectivity index (χ4v) is 2.00. The number of hydrogen-bond donors (Lipinski definition) is 1. The topological polar surface area (TPSA) is 63.6 Å². The summed E-state index contributed by atoms with van der Waals surface area (Å²) >= 11 is 0. The van der Waals surface area contributed by atoms with Gasteiger partial charge >= 0.3 is 0 Å². The molecule has 5 nitrogen and oxygen atoms in total. The Hall–Kier alpha value is -2.95. The number of pyridine rings is 1. The fraction of sp³-hybridized carbons (Fsp3) is 0.211. The van der Waals surface area contributed by atoms with Crippen LogP contribution in [0.25, 0.3) is 0 Å². The first-order valence-corrected chi connectivity index (χ1v) is 7.76. The molecule has 1 heterocycles. The predicted molar refractivity (Wildman–Crippen MR) is 95.3 cm³/mol. The minimum atomic E-state index is -0.140. The Labute approximate surface area is 142 Å². The highest BCUT2D eigenvalue weighted by molar-refractivity contribution is 5.93. The molecule has 2 aromatic rings. The summed E-state index contributed by atoms with van der Waals surface area (Å²) in [6.07, 6.45) is 6.85. The van der Waals surface area contributed by atoms with Crippen LogP contribution in [-0.4, -0.2) is 23.7 Å². The van der Waals surface area contributed by atoms with E-state index in [1.165, 1.54) is 0 Å². The Balaban J connectivity index is 1.85. The van der Waals surface area contributed by atoms with E-state index < -0.39 is 0 Å². The Morgan fingerprint density at radius 1 is 1.25 bits per heavy atom. The Morgan fingerprint density at radius 3 is 2.67 bits per heavy atom. The largest absolute Gasteiger partial charge is 0.487 e. The van der Waals surface area contributed by atoms with Gasteiger partial charge in [-0.1, -0.05) is 18.2 Å². The van der Waals surface area contributed by atoms with Gasteiger partial charge in [-0.05, 0) is 43.7 Å². The maximum Gasteiger partial charge on any atom is 0.253 e. The van der Waals surface area contributed by atoms with Crippen LogP contribution in [0.15, 0.2) is 65.6 Å². The van der Waals surface area contributed by atoms with Gasteiger partial charge in [0.2, 0.25) is 0 Å². The van der Waals surface area contributed by atoms with Crippen molar-refractivity contribution in [2.45, 2.75) is 20.4 Å². The molecule has 124 valence electrons. The van der Waals surface area contributed by atoms with Crippen LogP contribution in [0.3, 0.4) is 0 Å². The standard InChI is InChI=1S/C19H21N3O2/c1-3-17(21-4-2)14-24-18-9-7-15(8-10-18)12-22-19(23)16-6-5-11-20-13-16/h3-11,13H,12,14H2,1-2H3,(H,22,23)/b17-3-,21-4-. The third-order valence-electron chi connectivity index (χ3n) is 3.32. The van der Waals surface area contributed by atoms with E-state index in [1.807, 2.05) is 44.2 Å². The van der Waals surface area contributed by atoms with Gasteiger partial charge in [-0.25, -0.2) is 0 Å². The molecule has 1 aromatic carbocycles. The molecule has 0 saturated heterocycles. The van der Waals surface area contributed by atoms with Crippen LogP contribution >= 0.6 is 0 Å². The summed E-state index contributed by atoms with van der Waals surface area (Å²) in [5.41, 5.74) is 2.43. The van der Waals surface area contributed by atoms with Crippen LogP contribution in [0.4, 0.5) is 0 Å².